The van der Waals surface area contributed by atoms with Crippen molar-refractivity contribution in [2.24, 2.45) is 0 Å². The van der Waals surface area contributed by atoms with E-state index < -0.39 is 0 Å². The Hall–Kier alpha value is -3.12. The minimum atomic E-state index is -0.160. The van der Waals surface area contributed by atoms with Crippen LogP contribution in [0.2, 0.25) is 5.02 Å². The average Bonchev–Trinajstić information content (AvgIpc) is 3.18. The summed E-state index contributed by atoms with van der Waals surface area (Å²) >= 11 is 6.26. The molecule has 0 radical (unpaired) electrons. The van der Waals surface area contributed by atoms with Gasteiger partial charge in [0, 0.05) is 47.5 Å². The van der Waals surface area contributed by atoms with E-state index >= 15 is 0 Å². The number of para-hydroxylation sites is 1. The number of anilines is 1. The number of carbonyl (C=O) groups is 1. The number of rotatable bonds is 2. The number of hydrogen-bond acceptors (Lipinski definition) is 3. The lowest BCUT2D eigenvalue weighted by Crippen LogP contribution is -2.37. The zero-order valence-corrected chi connectivity index (χ0v) is 16.5. The van der Waals surface area contributed by atoms with Crippen LogP contribution in [0.5, 0.6) is 11.5 Å². The molecule has 2 N–H and O–H groups in total. The molecule has 2 aliphatic rings. The highest BCUT2D eigenvalue weighted by atomic mass is 35.5. The van der Waals surface area contributed by atoms with Crippen LogP contribution in [0.3, 0.4) is 0 Å². The van der Waals surface area contributed by atoms with Crippen LogP contribution in [-0.2, 0) is 0 Å². The first-order chi connectivity index (χ1) is 14.2. The van der Waals surface area contributed by atoms with Gasteiger partial charge in [-0.3, -0.25) is 0 Å². The highest BCUT2D eigenvalue weighted by molar-refractivity contribution is 6.32. The Morgan fingerprint density at radius 3 is 2.90 bits per heavy atom. The SMILES string of the molecule is O=C(Nc1cc(Cl)c2c(c1)OCCO2)N1CC=C(c2c[nH]c3ccccc23)CC1. The number of H-pyrrole nitrogens is 1. The van der Waals surface area contributed by atoms with Crippen molar-refractivity contribution in [1.29, 1.82) is 0 Å². The van der Waals surface area contributed by atoms with Crippen LogP contribution in [-0.4, -0.2) is 42.2 Å². The fraction of sp³-hybridized carbons (Fsp3) is 0.227. The Labute approximate surface area is 173 Å². The van der Waals surface area contributed by atoms with Gasteiger partial charge in [0.15, 0.2) is 11.5 Å². The van der Waals surface area contributed by atoms with E-state index in [-0.39, 0.29) is 6.03 Å². The molecule has 0 spiro atoms. The number of carbonyl (C=O) groups excluding carboxylic acids is 1. The number of nitrogens with one attached hydrogen (secondary N) is 2. The molecule has 0 saturated heterocycles. The lowest BCUT2D eigenvalue weighted by Gasteiger charge is -2.27. The van der Waals surface area contributed by atoms with E-state index in [1.165, 1.54) is 16.5 Å². The van der Waals surface area contributed by atoms with Gasteiger partial charge in [-0.05, 0) is 24.1 Å². The smallest absolute Gasteiger partial charge is 0.322 e. The van der Waals surface area contributed by atoms with Crippen molar-refractivity contribution in [3.05, 3.63) is 59.3 Å². The van der Waals surface area contributed by atoms with Crippen molar-refractivity contribution in [2.75, 3.05) is 31.6 Å². The van der Waals surface area contributed by atoms with E-state index in [0.717, 1.165) is 11.9 Å². The van der Waals surface area contributed by atoms with E-state index in [2.05, 4.69) is 28.5 Å². The first-order valence-corrected chi connectivity index (χ1v) is 9.97. The summed E-state index contributed by atoms with van der Waals surface area (Å²) in [6.45, 7) is 2.14. The molecule has 0 bridgehead atoms. The second-order valence-corrected chi connectivity index (χ2v) is 7.49. The van der Waals surface area contributed by atoms with E-state index in [9.17, 15) is 4.79 Å². The number of benzene rings is 2. The third-order valence-corrected chi connectivity index (χ3v) is 5.56. The molecule has 2 aromatic carbocycles. The molecule has 5 rings (SSSR count). The zero-order valence-electron chi connectivity index (χ0n) is 15.7. The van der Waals surface area contributed by atoms with Crippen LogP contribution < -0.4 is 14.8 Å². The first-order valence-electron chi connectivity index (χ1n) is 9.59. The molecule has 0 fully saturated rings. The fourth-order valence-electron chi connectivity index (χ4n) is 3.82. The Morgan fingerprint density at radius 2 is 2.03 bits per heavy atom. The number of fused-ring (bicyclic) bond motifs is 2. The van der Waals surface area contributed by atoms with Gasteiger partial charge in [-0.15, -0.1) is 0 Å². The summed E-state index contributed by atoms with van der Waals surface area (Å²) in [5, 5.41) is 4.55. The number of ether oxygens (including phenoxy) is 2. The summed E-state index contributed by atoms with van der Waals surface area (Å²) in [5.74, 6) is 1.08. The zero-order chi connectivity index (χ0) is 19.8. The second kappa shape index (κ2) is 7.37. The van der Waals surface area contributed by atoms with Crippen molar-refractivity contribution in [3.63, 3.8) is 0 Å². The van der Waals surface area contributed by atoms with Gasteiger partial charge in [-0.2, -0.15) is 0 Å². The maximum absolute atomic E-state index is 12.7. The highest BCUT2D eigenvalue weighted by Gasteiger charge is 2.21. The third kappa shape index (κ3) is 3.40. The summed E-state index contributed by atoms with van der Waals surface area (Å²) in [4.78, 5) is 17.8. The molecular formula is C22H20ClN3O3. The molecule has 0 atom stereocenters. The number of nitrogens with zero attached hydrogens (tertiary/aromatic N) is 1. The van der Waals surface area contributed by atoms with Crippen molar-refractivity contribution >= 4 is 39.8 Å². The minimum Gasteiger partial charge on any atom is -0.486 e. The second-order valence-electron chi connectivity index (χ2n) is 7.09. The molecule has 3 aromatic rings. The standard InChI is InChI=1S/C22H20ClN3O3/c23-18-11-15(12-20-21(18)29-10-9-28-20)25-22(27)26-7-5-14(6-8-26)17-13-24-19-4-2-1-3-16(17)19/h1-5,11-13,24H,6-10H2,(H,25,27). The normalized spacial score (nSPS) is 15.9. The summed E-state index contributed by atoms with van der Waals surface area (Å²) in [6.07, 6.45) is 4.97. The summed E-state index contributed by atoms with van der Waals surface area (Å²) in [7, 11) is 0. The molecule has 3 heterocycles. The third-order valence-electron chi connectivity index (χ3n) is 5.28. The van der Waals surface area contributed by atoms with Crippen LogP contribution in [0.25, 0.3) is 16.5 Å². The number of amides is 2. The maximum Gasteiger partial charge on any atom is 0.322 e. The Balaban J connectivity index is 1.29. The van der Waals surface area contributed by atoms with E-state index in [1.807, 2.05) is 18.3 Å². The number of aromatic nitrogens is 1. The monoisotopic (exact) mass is 409 g/mol. The van der Waals surface area contributed by atoms with Crippen molar-refractivity contribution < 1.29 is 14.3 Å². The lowest BCUT2D eigenvalue weighted by atomic mass is 9.99. The maximum atomic E-state index is 12.7. The summed E-state index contributed by atoms with van der Waals surface area (Å²) in [6, 6.07) is 11.5. The van der Waals surface area contributed by atoms with Gasteiger partial charge in [0.1, 0.15) is 13.2 Å². The van der Waals surface area contributed by atoms with E-state index in [1.54, 1.807) is 17.0 Å². The predicted molar refractivity (Wildman–Crippen MR) is 114 cm³/mol. The number of aromatic amines is 1. The molecule has 29 heavy (non-hydrogen) atoms. The van der Waals surface area contributed by atoms with Crippen LogP contribution >= 0.6 is 11.6 Å². The quantitative estimate of drug-likeness (QED) is 0.631. The van der Waals surface area contributed by atoms with Crippen LogP contribution in [0, 0.1) is 0 Å². The molecule has 7 heteroatoms. The molecule has 2 amide bonds. The van der Waals surface area contributed by atoms with Gasteiger partial charge in [-0.25, -0.2) is 4.79 Å². The van der Waals surface area contributed by atoms with Gasteiger partial charge < -0.3 is 24.7 Å². The Morgan fingerprint density at radius 1 is 1.17 bits per heavy atom. The summed E-state index contributed by atoms with van der Waals surface area (Å²) in [5.41, 5.74) is 4.18. The predicted octanol–water partition coefficient (Wildman–Crippen LogP) is 4.91. The van der Waals surface area contributed by atoms with Crippen molar-refractivity contribution in [3.8, 4) is 11.5 Å². The van der Waals surface area contributed by atoms with Crippen LogP contribution in [0.4, 0.5) is 10.5 Å². The topological polar surface area (TPSA) is 66.6 Å². The molecule has 0 saturated carbocycles. The molecular weight excluding hydrogens is 390 g/mol. The number of halogens is 1. The van der Waals surface area contributed by atoms with E-state index in [4.69, 9.17) is 21.1 Å². The Bertz CT molecular complexity index is 1120. The number of hydrogen-bond donors (Lipinski definition) is 2. The lowest BCUT2D eigenvalue weighted by molar-refractivity contribution is 0.172. The van der Waals surface area contributed by atoms with Crippen molar-refractivity contribution in [1.82, 2.24) is 9.88 Å². The fourth-order valence-corrected chi connectivity index (χ4v) is 4.09. The average molecular weight is 410 g/mol. The molecule has 6 nitrogen and oxygen atoms in total. The highest BCUT2D eigenvalue weighted by Crippen LogP contribution is 2.40. The van der Waals surface area contributed by atoms with Crippen LogP contribution in [0.1, 0.15) is 12.0 Å². The van der Waals surface area contributed by atoms with Gasteiger partial charge in [0.05, 0.1) is 5.02 Å². The van der Waals surface area contributed by atoms with Crippen LogP contribution in [0.15, 0.2) is 48.7 Å². The van der Waals surface area contributed by atoms with Crippen molar-refractivity contribution in [2.45, 2.75) is 6.42 Å². The summed E-state index contributed by atoms with van der Waals surface area (Å²) < 4.78 is 11.1. The molecule has 148 valence electrons. The van der Waals surface area contributed by atoms with Gasteiger partial charge >= 0.3 is 6.03 Å². The molecule has 1 aromatic heterocycles. The molecule has 0 aliphatic carbocycles. The Kier molecular flexibility index (Phi) is 4.56. The van der Waals surface area contributed by atoms with Gasteiger partial charge in [0.25, 0.3) is 0 Å². The van der Waals surface area contributed by atoms with E-state index in [0.29, 0.717) is 48.5 Å². The van der Waals surface area contributed by atoms with Gasteiger partial charge in [0.2, 0.25) is 0 Å². The molecule has 0 unspecified atom stereocenters. The molecule has 2 aliphatic heterocycles. The minimum absolute atomic E-state index is 0.160. The van der Waals surface area contributed by atoms with Gasteiger partial charge in [-0.1, -0.05) is 35.9 Å². The largest absolute Gasteiger partial charge is 0.486 e. The first kappa shape index (κ1) is 17.9. The number of urea groups is 1.